The molecule has 0 aromatic rings. The van der Waals surface area contributed by atoms with Crippen LogP contribution in [0.5, 0.6) is 0 Å². The number of amides is 1. The van der Waals surface area contributed by atoms with Crippen molar-refractivity contribution in [2.45, 2.75) is 38.6 Å². The Bertz CT molecular complexity index is 215. The summed E-state index contributed by atoms with van der Waals surface area (Å²) < 4.78 is 4.65. The molecule has 1 heterocycles. The molecule has 0 bridgehead atoms. The largest absolute Gasteiger partial charge is 0.453 e. The second kappa shape index (κ2) is 4.98. The number of methoxy groups -OCH3 is 1. The molecule has 0 spiro atoms. The highest BCUT2D eigenvalue weighted by molar-refractivity contribution is 5.88. The van der Waals surface area contributed by atoms with Gasteiger partial charge >= 0.3 is 6.09 Å². The van der Waals surface area contributed by atoms with Crippen LogP contribution in [0, 0.1) is 0 Å². The zero-order valence-corrected chi connectivity index (χ0v) is 8.78. The molecule has 14 heavy (non-hydrogen) atoms. The van der Waals surface area contributed by atoms with E-state index in [0.29, 0.717) is 13.0 Å². The molecule has 1 fully saturated rings. The van der Waals surface area contributed by atoms with E-state index in [1.54, 1.807) is 4.90 Å². The van der Waals surface area contributed by atoms with Crippen LogP contribution in [0.3, 0.4) is 0 Å². The Morgan fingerprint density at radius 2 is 2.36 bits per heavy atom. The van der Waals surface area contributed by atoms with Gasteiger partial charge in [-0.05, 0) is 12.8 Å². The van der Waals surface area contributed by atoms with Crippen LogP contribution < -0.4 is 0 Å². The molecule has 4 nitrogen and oxygen atoms in total. The monoisotopic (exact) mass is 199 g/mol. The van der Waals surface area contributed by atoms with Gasteiger partial charge in [0.25, 0.3) is 0 Å². The van der Waals surface area contributed by atoms with E-state index in [1.807, 2.05) is 6.92 Å². The van der Waals surface area contributed by atoms with Crippen LogP contribution in [0.15, 0.2) is 0 Å². The number of ketones is 1. The van der Waals surface area contributed by atoms with E-state index < -0.39 is 0 Å². The molecule has 1 aliphatic rings. The first-order chi connectivity index (χ1) is 6.70. The van der Waals surface area contributed by atoms with Gasteiger partial charge in [0, 0.05) is 13.0 Å². The minimum atomic E-state index is -0.378. The molecule has 1 rings (SSSR count). The second-order valence-corrected chi connectivity index (χ2v) is 3.54. The number of hydrogen-bond donors (Lipinski definition) is 0. The van der Waals surface area contributed by atoms with E-state index in [2.05, 4.69) is 4.74 Å². The number of hydrogen-bond acceptors (Lipinski definition) is 3. The Hall–Kier alpha value is -1.06. The van der Waals surface area contributed by atoms with Gasteiger partial charge in [0.05, 0.1) is 13.2 Å². The number of carbonyl (C=O) groups is 2. The topological polar surface area (TPSA) is 46.6 Å². The van der Waals surface area contributed by atoms with Gasteiger partial charge in [-0.3, -0.25) is 9.69 Å². The van der Waals surface area contributed by atoms with Crippen LogP contribution in [0.25, 0.3) is 0 Å². The zero-order chi connectivity index (χ0) is 10.6. The van der Waals surface area contributed by atoms with Crippen molar-refractivity contribution in [3.05, 3.63) is 0 Å². The van der Waals surface area contributed by atoms with E-state index in [4.69, 9.17) is 0 Å². The third-order valence-corrected chi connectivity index (χ3v) is 2.54. The molecule has 0 aliphatic carbocycles. The predicted octanol–water partition coefficient (Wildman–Crippen LogP) is 1.59. The minimum Gasteiger partial charge on any atom is -0.453 e. The standard InChI is InChI=1S/C10H17NO3/c1-3-5-8-9(12)6-4-7-11(8)10(13)14-2/h8H,3-7H2,1-2H3. The molecule has 1 aliphatic heterocycles. The molecular weight excluding hydrogens is 182 g/mol. The normalized spacial score (nSPS) is 22.3. The van der Waals surface area contributed by atoms with E-state index in [-0.39, 0.29) is 17.9 Å². The molecule has 0 aromatic carbocycles. The minimum absolute atomic E-state index is 0.170. The van der Waals surface area contributed by atoms with Crippen molar-refractivity contribution in [3.8, 4) is 0 Å². The lowest BCUT2D eigenvalue weighted by Gasteiger charge is -2.33. The number of ether oxygens (including phenoxy) is 1. The van der Waals surface area contributed by atoms with E-state index in [0.717, 1.165) is 19.3 Å². The molecule has 0 N–H and O–H groups in total. The van der Waals surface area contributed by atoms with Gasteiger partial charge in [-0.2, -0.15) is 0 Å². The summed E-state index contributed by atoms with van der Waals surface area (Å²) in [5, 5.41) is 0. The molecule has 1 amide bonds. The maximum Gasteiger partial charge on any atom is 0.410 e. The molecular formula is C10H17NO3. The quantitative estimate of drug-likeness (QED) is 0.678. The second-order valence-electron chi connectivity index (χ2n) is 3.54. The van der Waals surface area contributed by atoms with Crippen LogP contribution >= 0.6 is 0 Å². The SMILES string of the molecule is CCCC1C(=O)CCCN1C(=O)OC. The number of Topliss-reactive ketones (excluding diaryl/α,β-unsaturated/α-hetero) is 1. The predicted molar refractivity (Wildman–Crippen MR) is 52.0 cm³/mol. The first-order valence-corrected chi connectivity index (χ1v) is 5.08. The Morgan fingerprint density at radius 3 is 2.93 bits per heavy atom. The van der Waals surface area contributed by atoms with Gasteiger partial charge in [-0.25, -0.2) is 4.79 Å². The fourth-order valence-electron chi connectivity index (χ4n) is 1.85. The average Bonchev–Trinajstić information content (AvgIpc) is 2.20. The lowest BCUT2D eigenvalue weighted by Crippen LogP contribution is -2.48. The van der Waals surface area contributed by atoms with Crippen molar-refractivity contribution in [1.29, 1.82) is 0 Å². The maximum absolute atomic E-state index is 11.6. The highest BCUT2D eigenvalue weighted by atomic mass is 16.5. The molecule has 80 valence electrons. The highest BCUT2D eigenvalue weighted by Crippen LogP contribution is 2.18. The van der Waals surface area contributed by atoms with Gasteiger partial charge in [0.1, 0.15) is 0 Å². The molecule has 1 atom stereocenters. The fraction of sp³-hybridized carbons (Fsp3) is 0.800. The van der Waals surface area contributed by atoms with Crippen LogP contribution in [0.4, 0.5) is 4.79 Å². The summed E-state index contributed by atoms with van der Waals surface area (Å²) in [5.41, 5.74) is 0. The Kier molecular flexibility index (Phi) is 3.92. The van der Waals surface area contributed by atoms with Crippen molar-refractivity contribution in [2.24, 2.45) is 0 Å². The highest BCUT2D eigenvalue weighted by Gasteiger charge is 2.32. The van der Waals surface area contributed by atoms with E-state index in [1.165, 1.54) is 7.11 Å². The smallest absolute Gasteiger partial charge is 0.410 e. The summed E-state index contributed by atoms with van der Waals surface area (Å²) in [7, 11) is 1.35. The van der Waals surface area contributed by atoms with Gasteiger partial charge < -0.3 is 4.74 Å². The summed E-state index contributed by atoms with van der Waals surface area (Å²) in [5.74, 6) is 0.170. The number of piperidine rings is 1. The van der Waals surface area contributed by atoms with Gasteiger partial charge in [0.2, 0.25) is 0 Å². The number of carbonyl (C=O) groups excluding carboxylic acids is 2. The van der Waals surface area contributed by atoms with Gasteiger partial charge in [-0.1, -0.05) is 13.3 Å². The van der Waals surface area contributed by atoms with Crippen molar-refractivity contribution in [1.82, 2.24) is 4.90 Å². The molecule has 0 radical (unpaired) electrons. The summed E-state index contributed by atoms with van der Waals surface area (Å²) in [6.45, 7) is 2.65. The third kappa shape index (κ3) is 2.25. The molecule has 0 aromatic heterocycles. The summed E-state index contributed by atoms with van der Waals surface area (Å²) >= 11 is 0. The first kappa shape index (κ1) is 11.0. The molecule has 0 saturated carbocycles. The first-order valence-electron chi connectivity index (χ1n) is 5.08. The Balaban J connectivity index is 2.69. The summed E-state index contributed by atoms with van der Waals surface area (Å²) in [6, 6.07) is -0.249. The number of rotatable bonds is 2. The van der Waals surface area contributed by atoms with Crippen LogP contribution in [0.2, 0.25) is 0 Å². The van der Waals surface area contributed by atoms with E-state index >= 15 is 0 Å². The van der Waals surface area contributed by atoms with Crippen molar-refractivity contribution in [2.75, 3.05) is 13.7 Å². The van der Waals surface area contributed by atoms with Crippen LogP contribution in [0.1, 0.15) is 32.6 Å². The van der Waals surface area contributed by atoms with Crippen molar-refractivity contribution >= 4 is 11.9 Å². The molecule has 4 heteroatoms. The lowest BCUT2D eigenvalue weighted by atomic mass is 9.97. The van der Waals surface area contributed by atoms with E-state index in [9.17, 15) is 9.59 Å². The Morgan fingerprint density at radius 1 is 1.64 bits per heavy atom. The average molecular weight is 199 g/mol. The van der Waals surface area contributed by atoms with Crippen molar-refractivity contribution < 1.29 is 14.3 Å². The molecule has 1 unspecified atom stereocenters. The fourth-order valence-corrected chi connectivity index (χ4v) is 1.85. The Labute approximate surface area is 84.2 Å². The molecule has 1 saturated heterocycles. The number of nitrogens with zero attached hydrogens (tertiary/aromatic N) is 1. The zero-order valence-electron chi connectivity index (χ0n) is 8.78. The van der Waals surface area contributed by atoms with Gasteiger partial charge in [-0.15, -0.1) is 0 Å². The van der Waals surface area contributed by atoms with Crippen molar-refractivity contribution in [3.63, 3.8) is 0 Å². The maximum atomic E-state index is 11.6. The lowest BCUT2D eigenvalue weighted by molar-refractivity contribution is -0.126. The van der Waals surface area contributed by atoms with Crippen LogP contribution in [-0.4, -0.2) is 36.5 Å². The summed E-state index contributed by atoms with van der Waals surface area (Å²) in [4.78, 5) is 24.5. The summed E-state index contributed by atoms with van der Waals surface area (Å²) in [6.07, 6.45) is 2.63. The van der Waals surface area contributed by atoms with Gasteiger partial charge in [0.15, 0.2) is 5.78 Å². The number of likely N-dealkylation sites (tertiary alicyclic amines) is 1. The van der Waals surface area contributed by atoms with Crippen LogP contribution in [-0.2, 0) is 9.53 Å². The third-order valence-electron chi connectivity index (χ3n) is 2.54.